The number of anilines is 1. The summed E-state index contributed by atoms with van der Waals surface area (Å²) in [4.78, 5) is 11.4. The van der Waals surface area contributed by atoms with Crippen LogP contribution in [0.2, 0.25) is 0 Å². The summed E-state index contributed by atoms with van der Waals surface area (Å²) in [7, 11) is 0. The zero-order chi connectivity index (χ0) is 13.9. The summed E-state index contributed by atoms with van der Waals surface area (Å²) in [5, 5.41) is 0. The molecule has 1 aromatic carbocycles. The van der Waals surface area contributed by atoms with Crippen molar-refractivity contribution in [1.82, 2.24) is 9.97 Å². The molecule has 1 saturated heterocycles. The van der Waals surface area contributed by atoms with Crippen LogP contribution in [0, 0.1) is 3.57 Å². The molecule has 0 saturated carbocycles. The molecule has 4 nitrogen and oxygen atoms in total. The molecule has 2 N–H and O–H groups in total. The van der Waals surface area contributed by atoms with Crippen LogP contribution in [-0.2, 0) is 0 Å². The van der Waals surface area contributed by atoms with E-state index in [-0.39, 0.29) is 0 Å². The molecule has 1 aromatic heterocycles. The van der Waals surface area contributed by atoms with Gasteiger partial charge in [-0.1, -0.05) is 12.1 Å². The molecule has 1 unspecified atom stereocenters. The van der Waals surface area contributed by atoms with Gasteiger partial charge in [0.25, 0.3) is 0 Å². The van der Waals surface area contributed by atoms with Crippen LogP contribution in [0.5, 0.6) is 0 Å². The molecule has 0 aliphatic carbocycles. The number of rotatable bonds is 3. The summed E-state index contributed by atoms with van der Waals surface area (Å²) >= 11 is 2.31. The molecular formula is C15H17IN4. The Labute approximate surface area is 132 Å². The summed E-state index contributed by atoms with van der Waals surface area (Å²) in [6.45, 7) is 1.66. The predicted octanol–water partition coefficient (Wildman–Crippen LogP) is 2.68. The number of aromatic nitrogens is 2. The highest BCUT2D eigenvalue weighted by Crippen LogP contribution is 2.24. The first-order valence-corrected chi connectivity index (χ1v) is 7.91. The number of benzene rings is 1. The minimum Gasteiger partial charge on any atom is -0.337 e. The molecule has 2 heterocycles. The van der Waals surface area contributed by atoms with E-state index in [2.05, 4.69) is 56.7 Å². The fourth-order valence-electron chi connectivity index (χ4n) is 2.61. The molecule has 2 aromatic rings. The quantitative estimate of drug-likeness (QED) is 0.832. The lowest BCUT2D eigenvalue weighted by Gasteiger charge is -2.23. The molecule has 1 aliphatic heterocycles. The van der Waals surface area contributed by atoms with E-state index >= 15 is 0 Å². The van der Waals surface area contributed by atoms with Gasteiger partial charge in [0.05, 0.1) is 5.69 Å². The van der Waals surface area contributed by atoms with Crippen LogP contribution in [0.25, 0.3) is 11.3 Å². The molecular weight excluding hydrogens is 363 g/mol. The first kappa shape index (κ1) is 13.8. The molecule has 0 bridgehead atoms. The van der Waals surface area contributed by atoms with Gasteiger partial charge in [0.15, 0.2) is 0 Å². The number of hydrogen-bond donors (Lipinski definition) is 1. The Morgan fingerprint density at radius 2 is 2.05 bits per heavy atom. The highest BCUT2D eigenvalue weighted by molar-refractivity contribution is 14.1. The number of hydrogen-bond acceptors (Lipinski definition) is 4. The minimum atomic E-state index is 0.377. The molecule has 104 valence electrons. The summed E-state index contributed by atoms with van der Waals surface area (Å²) in [5.74, 6) is 0.800. The van der Waals surface area contributed by atoms with Gasteiger partial charge >= 0.3 is 0 Å². The Hall–Kier alpha value is -1.21. The van der Waals surface area contributed by atoms with E-state index in [1.807, 2.05) is 12.3 Å². The SMILES string of the molecule is NCC1CCCN1c1nccc(-c2ccc(I)cc2)n1. The summed E-state index contributed by atoms with van der Waals surface area (Å²) < 4.78 is 1.23. The number of halogens is 1. The molecule has 20 heavy (non-hydrogen) atoms. The fourth-order valence-corrected chi connectivity index (χ4v) is 2.97. The molecule has 1 fully saturated rings. The van der Waals surface area contributed by atoms with Gasteiger partial charge in [-0.25, -0.2) is 9.97 Å². The van der Waals surface area contributed by atoms with Crippen molar-refractivity contribution in [3.8, 4) is 11.3 Å². The maximum atomic E-state index is 5.83. The summed E-state index contributed by atoms with van der Waals surface area (Å²) in [6, 6.07) is 10.7. The predicted molar refractivity (Wildman–Crippen MR) is 89.6 cm³/mol. The van der Waals surface area contributed by atoms with Gasteiger partial charge in [0.2, 0.25) is 5.95 Å². The highest BCUT2D eigenvalue weighted by Gasteiger charge is 2.25. The van der Waals surface area contributed by atoms with Crippen molar-refractivity contribution >= 4 is 28.5 Å². The average molecular weight is 380 g/mol. The van der Waals surface area contributed by atoms with E-state index in [9.17, 15) is 0 Å². The summed E-state index contributed by atoms with van der Waals surface area (Å²) in [6.07, 6.45) is 4.13. The number of nitrogens with two attached hydrogens (primary N) is 1. The van der Waals surface area contributed by atoms with Crippen LogP contribution in [-0.4, -0.2) is 29.1 Å². The summed E-state index contributed by atoms with van der Waals surface area (Å²) in [5.41, 5.74) is 7.92. The van der Waals surface area contributed by atoms with E-state index in [1.165, 1.54) is 9.99 Å². The van der Waals surface area contributed by atoms with Crippen molar-refractivity contribution in [2.24, 2.45) is 5.73 Å². The Bertz CT molecular complexity index is 585. The third kappa shape index (κ3) is 2.78. The van der Waals surface area contributed by atoms with Crippen LogP contribution < -0.4 is 10.6 Å². The lowest BCUT2D eigenvalue weighted by molar-refractivity contribution is 0.664. The number of nitrogens with zero attached hydrogens (tertiary/aromatic N) is 3. The first-order valence-electron chi connectivity index (χ1n) is 6.83. The molecule has 5 heteroatoms. The van der Waals surface area contributed by atoms with Crippen molar-refractivity contribution in [2.75, 3.05) is 18.0 Å². The zero-order valence-corrected chi connectivity index (χ0v) is 13.3. The van der Waals surface area contributed by atoms with Crippen LogP contribution in [0.3, 0.4) is 0 Å². The van der Waals surface area contributed by atoms with E-state index in [0.717, 1.165) is 30.2 Å². The van der Waals surface area contributed by atoms with Gasteiger partial charge in [-0.15, -0.1) is 0 Å². The second-order valence-electron chi connectivity index (χ2n) is 4.97. The topological polar surface area (TPSA) is 55.0 Å². The van der Waals surface area contributed by atoms with Gasteiger partial charge in [-0.2, -0.15) is 0 Å². The standard InChI is InChI=1S/C15H17IN4/c16-12-5-3-11(4-6-12)14-7-8-18-15(19-14)20-9-1-2-13(20)10-17/h3-8,13H,1-2,9-10,17H2. The second kappa shape index (κ2) is 6.05. The first-order chi connectivity index (χ1) is 9.78. The normalized spacial score (nSPS) is 18.5. The fraction of sp³-hybridized carbons (Fsp3) is 0.333. The highest BCUT2D eigenvalue weighted by atomic mass is 127. The van der Waals surface area contributed by atoms with E-state index < -0.39 is 0 Å². The van der Waals surface area contributed by atoms with Crippen LogP contribution >= 0.6 is 22.6 Å². The Kier molecular flexibility index (Phi) is 4.16. The molecule has 0 spiro atoms. The van der Waals surface area contributed by atoms with Crippen molar-refractivity contribution < 1.29 is 0 Å². The lowest BCUT2D eigenvalue weighted by atomic mass is 10.1. The maximum Gasteiger partial charge on any atom is 0.226 e. The van der Waals surface area contributed by atoms with Crippen molar-refractivity contribution in [2.45, 2.75) is 18.9 Å². The smallest absolute Gasteiger partial charge is 0.226 e. The van der Waals surface area contributed by atoms with E-state index in [0.29, 0.717) is 12.6 Å². The van der Waals surface area contributed by atoms with E-state index in [1.54, 1.807) is 0 Å². The lowest BCUT2D eigenvalue weighted by Crippen LogP contribution is -2.36. The zero-order valence-electron chi connectivity index (χ0n) is 11.2. The second-order valence-corrected chi connectivity index (χ2v) is 6.22. The maximum absolute atomic E-state index is 5.83. The Morgan fingerprint density at radius 3 is 2.80 bits per heavy atom. The van der Waals surface area contributed by atoms with Crippen LogP contribution in [0.15, 0.2) is 36.5 Å². The molecule has 1 atom stereocenters. The van der Waals surface area contributed by atoms with Crippen LogP contribution in [0.1, 0.15) is 12.8 Å². The van der Waals surface area contributed by atoms with Crippen molar-refractivity contribution in [1.29, 1.82) is 0 Å². The van der Waals surface area contributed by atoms with Gasteiger partial charge in [0, 0.05) is 34.5 Å². The largest absolute Gasteiger partial charge is 0.337 e. The van der Waals surface area contributed by atoms with Crippen molar-refractivity contribution in [3.05, 3.63) is 40.1 Å². The average Bonchev–Trinajstić information content (AvgIpc) is 2.96. The Balaban J connectivity index is 1.91. The van der Waals surface area contributed by atoms with E-state index in [4.69, 9.17) is 10.7 Å². The van der Waals surface area contributed by atoms with Gasteiger partial charge < -0.3 is 10.6 Å². The third-order valence-corrected chi connectivity index (χ3v) is 4.41. The minimum absolute atomic E-state index is 0.377. The molecule has 0 radical (unpaired) electrons. The third-order valence-electron chi connectivity index (χ3n) is 3.69. The van der Waals surface area contributed by atoms with Crippen molar-refractivity contribution in [3.63, 3.8) is 0 Å². The van der Waals surface area contributed by atoms with Gasteiger partial charge in [0.1, 0.15) is 0 Å². The Morgan fingerprint density at radius 1 is 1.25 bits per heavy atom. The monoisotopic (exact) mass is 380 g/mol. The molecule has 1 aliphatic rings. The molecule has 3 rings (SSSR count). The van der Waals surface area contributed by atoms with Crippen LogP contribution in [0.4, 0.5) is 5.95 Å². The van der Waals surface area contributed by atoms with Gasteiger partial charge in [-0.05, 0) is 53.6 Å². The molecule has 0 amide bonds. The van der Waals surface area contributed by atoms with Gasteiger partial charge in [-0.3, -0.25) is 0 Å².